The number of ether oxygens (including phenoxy) is 1. The molecule has 2 atom stereocenters. The van der Waals surface area contributed by atoms with Gasteiger partial charge in [-0.3, -0.25) is 0 Å². The molecule has 3 aliphatic rings. The maximum Gasteiger partial charge on any atom is 0.407 e. The van der Waals surface area contributed by atoms with Gasteiger partial charge in [0, 0.05) is 24.1 Å². The van der Waals surface area contributed by atoms with Gasteiger partial charge in [0.2, 0.25) is 0 Å². The van der Waals surface area contributed by atoms with Crippen molar-refractivity contribution < 1.29 is 9.53 Å². The predicted octanol–water partition coefficient (Wildman–Crippen LogP) is 5.14. The van der Waals surface area contributed by atoms with Crippen LogP contribution in [-0.2, 0) is 4.74 Å². The van der Waals surface area contributed by atoms with E-state index in [1.807, 2.05) is 25.3 Å². The standard InChI is InChI=1S/C23H32ClN5O2/c1-23(2,3)31-22(30)27-16-9-8-15(10-16)26-19-11-18(20(13-4-5-13)14-6-7-14)28-21-17(24)12-25-29(19)21/h11-16,20,26H,4-10H2,1-3H3,(H,27,30)/t15-,16-/m0/s1. The Morgan fingerprint density at radius 1 is 1.16 bits per heavy atom. The lowest BCUT2D eigenvalue weighted by Crippen LogP contribution is -2.38. The zero-order chi connectivity index (χ0) is 21.8. The van der Waals surface area contributed by atoms with Crippen LogP contribution < -0.4 is 10.6 Å². The van der Waals surface area contributed by atoms with Gasteiger partial charge < -0.3 is 15.4 Å². The van der Waals surface area contributed by atoms with Gasteiger partial charge in [0.05, 0.1) is 11.9 Å². The third-order valence-electron chi connectivity index (χ3n) is 6.56. The molecule has 0 spiro atoms. The van der Waals surface area contributed by atoms with Crippen molar-refractivity contribution in [3.63, 3.8) is 0 Å². The summed E-state index contributed by atoms with van der Waals surface area (Å²) in [7, 11) is 0. The number of amides is 1. The Kier molecular flexibility index (Phi) is 5.27. The van der Waals surface area contributed by atoms with Crippen molar-refractivity contribution in [2.75, 3.05) is 5.32 Å². The molecule has 0 aromatic carbocycles. The van der Waals surface area contributed by atoms with Crippen LogP contribution >= 0.6 is 11.6 Å². The van der Waals surface area contributed by atoms with Crippen molar-refractivity contribution in [2.24, 2.45) is 11.8 Å². The first-order chi connectivity index (χ1) is 14.8. The minimum Gasteiger partial charge on any atom is -0.444 e. The molecule has 0 aliphatic heterocycles. The van der Waals surface area contributed by atoms with Crippen LogP contribution in [0.25, 0.3) is 5.65 Å². The smallest absolute Gasteiger partial charge is 0.407 e. The molecule has 2 N–H and O–H groups in total. The maximum atomic E-state index is 12.1. The number of hydrogen-bond acceptors (Lipinski definition) is 5. The van der Waals surface area contributed by atoms with Crippen molar-refractivity contribution in [3.8, 4) is 0 Å². The van der Waals surface area contributed by atoms with Crippen LogP contribution in [0.1, 0.15) is 77.3 Å². The second kappa shape index (κ2) is 7.84. The molecule has 2 aromatic heterocycles. The van der Waals surface area contributed by atoms with Gasteiger partial charge in [-0.2, -0.15) is 9.61 Å². The van der Waals surface area contributed by atoms with Crippen LogP contribution in [0.3, 0.4) is 0 Å². The van der Waals surface area contributed by atoms with Crippen LogP contribution in [0, 0.1) is 11.8 Å². The average Bonchev–Trinajstić information content (AvgIpc) is 3.60. The van der Waals surface area contributed by atoms with Gasteiger partial charge in [0.25, 0.3) is 0 Å². The predicted molar refractivity (Wildman–Crippen MR) is 121 cm³/mol. The third-order valence-corrected chi connectivity index (χ3v) is 6.82. The number of nitrogens with one attached hydrogen (secondary N) is 2. The molecule has 3 aliphatic carbocycles. The second-order valence-corrected chi connectivity index (χ2v) is 10.9. The van der Waals surface area contributed by atoms with Gasteiger partial charge in [-0.1, -0.05) is 11.6 Å². The lowest BCUT2D eigenvalue weighted by Gasteiger charge is -2.22. The number of anilines is 1. The first-order valence-corrected chi connectivity index (χ1v) is 11.9. The minimum absolute atomic E-state index is 0.107. The lowest BCUT2D eigenvalue weighted by atomic mass is 9.93. The Morgan fingerprint density at radius 3 is 2.48 bits per heavy atom. The summed E-state index contributed by atoms with van der Waals surface area (Å²) in [6.07, 6.45) is 9.31. The first kappa shape index (κ1) is 20.9. The zero-order valence-corrected chi connectivity index (χ0v) is 19.3. The van der Waals surface area contributed by atoms with E-state index in [1.54, 1.807) is 6.20 Å². The van der Waals surface area contributed by atoms with Crippen molar-refractivity contribution in [1.82, 2.24) is 19.9 Å². The highest BCUT2D eigenvalue weighted by Crippen LogP contribution is 2.54. The fourth-order valence-electron chi connectivity index (χ4n) is 4.93. The van der Waals surface area contributed by atoms with E-state index in [1.165, 1.54) is 25.7 Å². The Labute approximate surface area is 188 Å². The number of nitrogens with zero attached hydrogens (tertiary/aromatic N) is 3. The van der Waals surface area contributed by atoms with E-state index in [2.05, 4.69) is 21.8 Å². The number of fused-ring (bicyclic) bond motifs is 1. The molecule has 0 bridgehead atoms. The Hall–Kier alpha value is -2.02. The van der Waals surface area contributed by atoms with Crippen LogP contribution in [0.2, 0.25) is 5.02 Å². The summed E-state index contributed by atoms with van der Waals surface area (Å²) in [6, 6.07) is 2.55. The summed E-state index contributed by atoms with van der Waals surface area (Å²) in [5.41, 5.74) is 1.40. The van der Waals surface area contributed by atoms with Crippen molar-refractivity contribution >= 4 is 29.2 Å². The first-order valence-electron chi connectivity index (χ1n) is 11.6. The molecule has 2 aromatic rings. The molecule has 3 fully saturated rings. The van der Waals surface area contributed by atoms with E-state index in [9.17, 15) is 4.79 Å². The number of hydrogen-bond donors (Lipinski definition) is 2. The molecule has 3 saturated carbocycles. The van der Waals surface area contributed by atoms with E-state index >= 15 is 0 Å². The van der Waals surface area contributed by atoms with E-state index in [0.717, 1.165) is 48.3 Å². The summed E-state index contributed by atoms with van der Waals surface area (Å²) >= 11 is 6.43. The number of carbonyl (C=O) groups is 1. The van der Waals surface area contributed by atoms with Crippen LogP contribution in [0.15, 0.2) is 12.3 Å². The van der Waals surface area contributed by atoms with Gasteiger partial charge >= 0.3 is 6.09 Å². The molecule has 31 heavy (non-hydrogen) atoms. The summed E-state index contributed by atoms with van der Waals surface area (Å²) in [6.45, 7) is 5.64. The Morgan fingerprint density at radius 2 is 1.84 bits per heavy atom. The summed E-state index contributed by atoms with van der Waals surface area (Å²) in [4.78, 5) is 17.1. The fourth-order valence-corrected chi connectivity index (χ4v) is 5.10. The molecule has 7 nitrogen and oxygen atoms in total. The highest BCUT2D eigenvalue weighted by molar-refractivity contribution is 6.33. The second-order valence-electron chi connectivity index (χ2n) is 10.5. The van der Waals surface area contributed by atoms with E-state index in [0.29, 0.717) is 10.9 Å². The van der Waals surface area contributed by atoms with Gasteiger partial charge in [-0.15, -0.1) is 0 Å². The molecule has 0 unspecified atom stereocenters. The average molecular weight is 446 g/mol. The summed E-state index contributed by atoms with van der Waals surface area (Å²) < 4.78 is 7.22. The number of carbonyl (C=O) groups excluding carboxylic acids is 1. The molecule has 0 radical (unpaired) electrons. The number of aromatic nitrogens is 3. The van der Waals surface area contributed by atoms with Crippen LogP contribution in [0.4, 0.5) is 10.6 Å². The molecule has 5 rings (SSSR count). The van der Waals surface area contributed by atoms with Gasteiger partial charge in [-0.25, -0.2) is 9.78 Å². The van der Waals surface area contributed by atoms with Crippen LogP contribution in [-0.4, -0.2) is 38.4 Å². The van der Waals surface area contributed by atoms with Crippen molar-refractivity contribution in [3.05, 3.63) is 23.0 Å². The molecule has 0 saturated heterocycles. The summed E-state index contributed by atoms with van der Waals surface area (Å²) in [5.74, 6) is 3.03. The number of alkyl carbamates (subject to hydrolysis) is 1. The summed E-state index contributed by atoms with van der Waals surface area (Å²) in [5, 5.41) is 11.7. The highest BCUT2D eigenvalue weighted by atomic mass is 35.5. The van der Waals surface area contributed by atoms with Gasteiger partial charge in [0.15, 0.2) is 5.65 Å². The normalized spacial score (nSPS) is 24.0. The fraction of sp³-hybridized carbons (Fsp3) is 0.696. The van der Waals surface area contributed by atoms with Crippen LogP contribution in [0.5, 0.6) is 0 Å². The van der Waals surface area contributed by atoms with E-state index in [4.69, 9.17) is 21.3 Å². The van der Waals surface area contributed by atoms with Crippen molar-refractivity contribution in [1.29, 1.82) is 0 Å². The largest absolute Gasteiger partial charge is 0.444 e. The van der Waals surface area contributed by atoms with E-state index in [-0.39, 0.29) is 18.2 Å². The minimum atomic E-state index is -0.488. The molecular formula is C23H32ClN5O2. The quantitative estimate of drug-likeness (QED) is 0.643. The Balaban J connectivity index is 1.32. The topological polar surface area (TPSA) is 80.5 Å². The molecule has 8 heteroatoms. The molecule has 1 amide bonds. The number of rotatable bonds is 6. The van der Waals surface area contributed by atoms with Gasteiger partial charge in [-0.05, 0) is 77.6 Å². The third kappa shape index (κ3) is 4.76. The number of halogens is 1. The van der Waals surface area contributed by atoms with E-state index < -0.39 is 5.60 Å². The molecular weight excluding hydrogens is 414 g/mol. The Bertz CT molecular complexity index is 964. The molecule has 168 valence electrons. The SMILES string of the molecule is CC(C)(C)OC(=O)N[C@H]1CC[C@H](Nc2cc(C(C3CC3)C3CC3)nc3c(Cl)cnn23)C1. The van der Waals surface area contributed by atoms with Gasteiger partial charge in [0.1, 0.15) is 16.4 Å². The van der Waals surface area contributed by atoms with Crippen molar-refractivity contribution in [2.45, 2.75) is 89.3 Å². The molecule has 2 heterocycles. The maximum absolute atomic E-state index is 12.1. The monoisotopic (exact) mass is 445 g/mol. The lowest BCUT2D eigenvalue weighted by molar-refractivity contribution is 0.0505. The zero-order valence-electron chi connectivity index (χ0n) is 18.5. The highest BCUT2D eigenvalue weighted by Gasteiger charge is 2.43.